The van der Waals surface area contributed by atoms with Gasteiger partial charge < -0.3 is 4.90 Å². The van der Waals surface area contributed by atoms with Crippen molar-refractivity contribution in [1.29, 1.82) is 0 Å². The van der Waals surface area contributed by atoms with Gasteiger partial charge in [-0.25, -0.2) is 9.78 Å². The van der Waals surface area contributed by atoms with E-state index in [4.69, 9.17) is 0 Å². The van der Waals surface area contributed by atoms with E-state index in [1.165, 1.54) is 32.1 Å². The Labute approximate surface area is 146 Å². The molecule has 2 saturated heterocycles. The molecule has 132 valence electrons. The van der Waals surface area contributed by atoms with Crippen molar-refractivity contribution in [2.45, 2.75) is 52.0 Å². The fraction of sp³-hybridized carbons (Fsp3) is 0.667. The van der Waals surface area contributed by atoms with Crippen molar-refractivity contribution in [1.82, 2.24) is 24.5 Å². The molecule has 2 unspecified atom stereocenters. The molecule has 4 atom stereocenters. The number of hydrogen-bond donors (Lipinski definition) is 1. The van der Waals surface area contributed by atoms with E-state index in [1.807, 2.05) is 19.9 Å². The van der Waals surface area contributed by atoms with Crippen LogP contribution in [0, 0.1) is 31.6 Å². The summed E-state index contributed by atoms with van der Waals surface area (Å²) in [4.78, 5) is 23.7. The van der Waals surface area contributed by atoms with Crippen LogP contribution in [0.5, 0.6) is 0 Å². The lowest BCUT2D eigenvalue weighted by molar-refractivity contribution is 0.136. The second-order valence-electron chi connectivity index (χ2n) is 8.20. The van der Waals surface area contributed by atoms with E-state index in [0.717, 1.165) is 29.8 Å². The van der Waals surface area contributed by atoms with Crippen LogP contribution in [0.1, 0.15) is 43.5 Å². The quantitative estimate of drug-likeness (QED) is 0.866. The maximum Gasteiger partial charge on any atom is 0.324 e. The fourth-order valence-electron chi connectivity index (χ4n) is 5.42. The van der Waals surface area contributed by atoms with Gasteiger partial charge in [0.15, 0.2) is 0 Å². The Bertz CT molecular complexity index is 831. The molecule has 2 aromatic heterocycles. The molecule has 0 spiro atoms. The fourth-order valence-corrected chi connectivity index (χ4v) is 5.42. The molecule has 0 aromatic carbocycles. The predicted octanol–water partition coefficient (Wildman–Crippen LogP) is 2.78. The summed E-state index contributed by atoms with van der Waals surface area (Å²) in [5, 5.41) is 7.33. The third kappa shape index (κ3) is 2.56. The number of carbonyl (C=O) groups is 1. The van der Waals surface area contributed by atoms with Gasteiger partial charge in [-0.15, -0.1) is 5.10 Å². The average Bonchev–Trinajstić information content (AvgIpc) is 2.83. The summed E-state index contributed by atoms with van der Waals surface area (Å²) in [7, 11) is 0. The Morgan fingerprint density at radius 3 is 2.56 bits per heavy atom. The molecule has 4 aliphatic rings. The number of aromatic nitrogens is 4. The minimum atomic E-state index is -0.0523. The van der Waals surface area contributed by atoms with Crippen molar-refractivity contribution in [3.8, 4) is 0 Å². The number of urea groups is 1. The molecular formula is C18H24N6O. The smallest absolute Gasteiger partial charge is 0.321 e. The van der Waals surface area contributed by atoms with Crippen LogP contribution in [0.4, 0.5) is 10.7 Å². The normalized spacial score (nSPS) is 30.7. The summed E-state index contributed by atoms with van der Waals surface area (Å²) in [5.74, 6) is 3.19. The molecule has 4 fully saturated rings. The lowest BCUT2D eigenvalue weighted by Crippen LogP contribution is -2.44. The Hall–Kier alpha value is -2.18. The molecule has 2 saturated carbocycles. The average molecular weight is 340 g/mol. The highest BCUT2D eigenvalue weighted by Gasteiger charge is 2.44. The number of amides is 2. The Morgan fingerprint density at radius 1 is 1.08 bits per heavy atom. The molecule has 6 rings (SSSR count). The molecule has 2 aromatic rings. The number of carbonyl (C=O) groups excluding carboxylic acids is 1. The highest BCUT2D eigenvalue weighted by molar-refractivity contribution is 5.88. The molecule has 2 aliphatic carbocycles. The highest BCUT2D eigenvalue weighted by atomic mass is 16.2. The lowest BCUT2D eigenvalue weighted by Gasteiger charge is -2.38. The van der Waals surface area contributed by atoms with Crippen LogP contribution in [0.15, 0.2) is 6.07 Å². The molecule has 25 heavy (non-hydrogen) atoms. The molecule has 4 bridgehead atoms. The summed E-state index contributed by atoms with van der Waals surface area (Å²) in [6.45, 7) is 4.78. The van der Waals surface area contributed by atoms with Gasteiger partial charge in [-0.3, -0.25) is 5.32 Å². The molecule has 2 aliphatic heterocycles. The van der Waals surface area contributed by atoms with Crippen LogP contribution in [-0.2, 0) is 0 Å². The molecule has 0 radical (unpaired) electrons. The minimum Gasteiger partial charge on any atom is -0.321 e. The standard InChI is InChI=1S/C18H24N6O/c1-10-3-11(2)24-17(19-10)20-16(22-24)21-18(25)23-9-14-5-12-4-13(6-14)8-15(23)7-12/h3,12-15H,4-9H2,1-2H3,(H,21,22,25)/t12-,13+,14?,15?. The summed E-state index contributed by atoms with van der Waals surface area (Å²) >= 11 is 0. The molecule has 1 N–H and O–H groups in total. The van der Waals surface area contributed by atoms with Crippen LogP contribution < -0.4 is 5.32 Å². The zero-order chi connectivity index (χ0) is 17.1. The summed E-state index contributed by atoms with van der Waals surface area (Å²) < 4.78 is 1.68. The molecule has 2 amide bonds. The first-order valence-electron chi connectivity index (χ1n) is 9.34. The van der Waals surface area contributed by atoms with E-state index in [1.54, 1.807) is 4.52 Å². The Balaban J connectivity index is 1.39. The second-order valence-corrected chi connectivity index (χ2v) is 8.20. The molecule has 7 nitrogen and oxygen atoms in total. The molecule has 4 heterocycles. The number of hydrogen-bond acceptors (Lipinski definition) is 4. The van der Waals surface area contributed by atoms with Gasteiger partial charge in [0, 0.05) is 24.0 Å². The van der Waals surface area contributed by atoms with E-state index < -0.39 is 0 Å². The first kappa shape index (κ1) is 15.1. The van der Waals surface area contributed by atoms with Crippen molar-refractivity contribution in [3.63, 3.8) is 0 Å². The lowest BCUT2D eigenvalue weighted by atomic mass is 9.68. The van der Waals surface area contributed by atoms with Gasteiger partial charge in [-0.2, -0.15) is 9.50 Å². The zero-order valence-electron chi connectivity index (χ0n) is 14.8. The van der Waals surface area contributed by atoms with Gasteiger partial charge in [0.05, 0.1) is 0 Å². The van der Waals surface area contributed by atoms with Crippen LogP contribution in [0.3, 0.4) is 0 Å². The van der Waals surface area contributed by atoms with Crippen LogP contribution in [0.25, 0.3) is 5.78 Å². The topological polar surface area (TPSA) is 75.4 Å². The largest absolute Gasteiger partial charge is 0.324 e. The number of anilines is 1. The molecule has 7 heteroatoms. The number of fused-ring (bicyclic) bond motifs is 2. The number of nitrogens with zero attached hydrogens (tertiary/aromatic N) is 5. The first-order chi connectivity index (χ1) is 12.0. The maximum atomic E-state index is 12.9. The van der Waals surface area contributed by atoms with E-state index in [-0.39, 0.29) is 6.03 Å². The van der Waals surface area contributed by atoms with Gasteiger partial charge in [0.25, 0.3) is 11.7 Å². The minimum absolute atomic E-state index is 0.0523. The Kier molecular flexibility index (Phi) is 3.27. The van der Waals surface area contributed by atoms with Gasteiger partial charge in [0.1, 0.15) is 0 Å². The van der Waals surface area contributed by atoms with Gasteiger partial charge >= 0.3 is 6.03 Å². The van der Waals surface area contributed by atoms with Crippen molar-refractivity contribution in [2.24, 2.45) is 17.8 Å². The highest BCUT2D eigenvalue weighted by Crippen LogP contribution is 2.47. The number of rotatable bonds is 1. The van der Waals surface area contributed by atoms with E-state index in [9.17, 15) is 4.79 Å². The number of aryl methyl sites for hydroxylation is 2. The van der Waals surface area contributed by atoms with E-state index in [0.29, 0.717) is 23.7 Å². The monoisotopic (exact) mass is 340 g/mol. The van der Waals surface area contributed by atoms with E-state index >= 15 is 0 Å². The summed E-state index contributed by atoms with van der Waals surface area (Å²) in [6, 6.07) is 2.29. The first-order valence-corrected chi connectivity index (χ1v) is 9.34. The summed E-state index contributed by atoms with van der Waals surface area (Å²) in [5.41, 5.74) is 1.86. The van der Waals surface area contributed by atoms with Gasteiger partial charge in [-0.1, -0.05) is 0 Å². The zero-order valence-corrected chi connectivity index (χ0v) is 14.8. The van der Waals surface area contributed by atoms with Crippen LogP contribution in [-0.4, -0.2) is 43.1 Å². The third-order valence-corrected chi connectivity index (χ3v) is 6.20. The van der Waals surface area contributed by atoms with Crippen LogP contribution >= 0.6 is 0 Å². The van der Waals surface area contributed by atoms with Crippen molar-refractivity contribution in [2.75, 3.05) is 11.9 Å². The second kappa shape index (κ2) is 5.41. The molecular weight excluding hydrogens is 316 g/mol. The predicted molar refractivity (Wildman–Crippen MR) is 93.3 cm³/mol. The van der Waals surface area contributed by atoms with E-state index in [2.05, 4.69) is 25.3 Å². The van der Waals surface area contributed by atoms with Crippen LogP contribution in [0.2, 0.25) is 0 Å². The third-order valence-electron chi connectivity index (χ3n) is 6.20. The van der Waals surface area contributed by atoms with Crippen molar-refractivity contribution < 1.29 is 4.79 Å². The van der Waals surface area contributed by atoms with Gasteiger partial charge in [-0.05, 0) is 69.8 Å². The SMILES string of the molecule is Cc1cc(C)n2nc(NC(=O)N3CC4C[C@@H]5CC3C[C@H](C4)C5)nc2n1. The maximum absolute atomic E-state index is 12.9. The summed E-state index contributed by atoms with van der Waals surface area (Å²) in [6.07, 6.45) is 6.30. The van der Waals surface area contributed by atoms with Crippen molar-refractivity contribution in [3.05, 3.63) is 17.5 Å². The Morgan fingerprint density at radius 2 is 1.80 bits per heavy atom. The number of nitrogens with one attached hydrogen (secondary N) is 1. The van der Waals surface area contributed by atoms with Gasteiger partial charge in [0.2, 0.25) is 0 Å². The van der Waals surface area contributed by atoms with Crippen molar-refractivity contribution >= 4 is 17.8 Å².